The molecule has 2 rings (SSSR count). The van der Waals surface area contributed by atoms with E-state index in [0.29, 0.717) is 15.8 Å². The molecule has 0 heterocycles. The lowest BCUT2D eigenvalue weighted by Gasteiger charge is -2.12. The van der Waals surface area contributed by atoms with Crippen LogP contribution in [-0.2, 0) is 4.79 Å². The minimum absolute atomic E-state index is 0.194. The van der Waals surface area contributed by atoms with Crippen molar-refractivity contribution in [3.63, 3.8) is 0 Å². The van der Waals surface area contributed by atoms with Gasteiger partial charge in [-0.25, -0.2) is 0 Å². The zero-order valence-electron chi connectivity index (χ0n) is 11.8. The maximum absolute atomic E-state index is 11.7. The van der Waals surface area contributed by atoms with Gasteiger partial charge in [-0.15, -0.1) is 0 Å². The number of ether oxygens (including phenoxy) is 1. The number of hydrazine groups is 1. The number of hydrogen-bond donors (Lipinski definition) is 3. The van der Waals surface area contributed by atoms with Gasteiger partial charge in [0.2, 0.25) is 0 Å². The molecule has 0 saturated carbocycles. The van der Waals surface area contributed by atoms with E-state index in [2.05, 4.69) is 16.2 Å². The van der Waals surface area contributed by atoms with E-state index in [0.717, 1.165) is 5.69 Å². The van der Waals surface area contributed by atoms with Crippen LogP contribution in [0.5, 0.6) is 5.75 Å². The van der Waals surface area contributed by atoms with Crippen molar-refractivity contribution in [2.75, 3.05) is 11.9 Å². The zero-order chi connectivity index (χ0) is 16.7. The van der Waals surface area contributed by atoms with Gasteiger partial charge < -0.3 is 10.1 Å². The van der Waals surface area contributed by atoms with E-state index in [4.69, 9.17) is 40.2 Å². The van der Waals surface area contributed by atoms with Crippen LogP contribution in [-0.4, -0.2) is 17.6 Å². The van der Waals surface area contributed by atoms with Gasteiger partial charge in [0.25, 0.3) is 5.91 Å². The summed E-state index contributed by atoms with van der Waals surface area (Å²) in [7, 11) is 0. The van der Waals surface area contributed by atoms with Gasteiger partial charge in [0.1, 0.15) is 5.75 Å². The fraction of sp³-hybridized carbons (Fsp3) is 0.0667. The first kappa shape index (κ1) is 17.3. The molecule has 23 heavy (non-hydrogen) atoms. The number of amides is 1. The maximum Gasteiger partial charge on any atom is 0.276 e. The molecule has 0 aliphatic rings. The summed E-state index contributed by atoms with van der Waals surface area (Å²) < 4.78 is 5.30. The average Bonchev–Trinajstić information content (AvgIpc) is 2.54. The Morgan fingerprint density at radius 2 is 1.74 bits per heavy atom. The predicted molar refractivity (Wildman–Crippen MR) is 95.9 cm³/mol. The minimum atomic E-state index is -0.398. The van der Waals surface area contributed by atoms with Crippen LogP contribution in [0.1, 0.15) is 0 Å². The Labute approximate surface area is 148 Å². The van der Waals surface area contributed by atoms with Gasteiger partial charge >= 0.3 is 0 Å². The number of carbonyl (C=O) groups is 1. The lowest BCUT2D eigenvalue weighted by molar-refractivity contribution is -0.123. The van der Waals surface area contributed by atoms with E-state index in [1.54, 1.807) is 48.5 Å². The van der Waals surface area contributed by atoms with Crippen LogP contribution in [0.15, 0.2) is 48.5 Å². The summed E-state index contributed by atoms with van der Waals surface area (Å²) >= 11 is 16.8. The second-order valence-corrected chi connectivity index (χ2v) is 5.61. The molecule has 2 aromatic carbocycles. The highest BCUT2D eigenvalue weighted by atomic mass is 35.5. The predicted octanol–water partition coefficient (Wildman–Crippen LogP) is 3.39. The van der Waals surface area contributed by atoms with Gasteiger partial charge in [-0.1, -0.05) is 35.3 Å². The van der Waals surface area contributed by atoms with Crippen molar-refractivity contribution in [1.29, 1.82) is 0 Å². The van der Waals surface area contributed by atoms with E-state index in [1.807, 2.05) is 0 Å². The fourth-order valence-electron chi connectivity index (χ4n) is 1.56. The highest BCUT2D eigenvalue weighted by molar-refractivity contribution is 7.80. The number of halogens is 2. The molecule has 0 unspecified atom stereocenters. The van der Waals surface area contributed by atoms with Gasteiger partial charge in [-0.3, -0.25) is 15.6 Å². The molecule has 0 bridgehead atoms. The molecule has 1 amide bonds. The molecule has 0 saturated heterocycles. The molecule has 8 heteroatoms. The van der Waals surface area contributed by atoms with Crippen LogP contribution in [0, 0.1) is 0 Å². The molecular formula is C15H13Cl2N3O2S. The maximum atomic E-state index is 11.7. The zero-order valence-corrected chi connectivity index (χ0v) is 14.1. The molecule has 0 aliphatic carbocycles. The Kier molecular flexibility index (Phi) is 6.46. The van der Waals surface area contributed by atoms with Crippen molar-refractivity contribution < 1.29 is 9.53 Å². The number of carbonyl (C=O) groups excluding carboxylic acids is 1. The summed E-state index contributed by atoms with van der Waals surface area (Å²) in [6, 6.07) is 13.9. The summed E-state index contributed by atoms with van der Waals surface area (Å²) in [5.74, 6) is 0.0383. The molecule has 5 nitrogen and oxygen atoms in total. The van der Waals surface area contributed by atoms with Crippen LogP contribution in [0.2, 0.25) is 10.0 Å². The standard InChI is InChI=1S/C15H13Cl2N3O2S/c16-10-5-7-11(8-6-10)18-15(23)20-19-14(21)9-22-13-4-2-1-3-12(13)17/h1-8H,9H2,(H,19,21)(H2,18,20,23). The Balaban J connectivity index is 1.72. The van der Waals surface area contributed by atoms with Crippen molar-refractivity contribution in [1.82, 2.24) is 10.9 Å². The lowest BCUT2D eigenvalue weighted by atomic mass is 10.3. The first-order valence-corrected chi connectivity index (χ1v) is 7.70. The Hall–Kier alpha value is -2.02. The van der Waals surface area contributed by atoms with Crippen molar-refractivity contribution in [2.24, 2.45) is 0 Å². The molecule has 120 valence electrons. The minimum Gasteiger partial charge on any atom is -0.482 e. The van der Waals surface area contributed by atoms with Gasteiger partial charge in [0, 0.05) is 10.7 Å². The Bertz CT molecular complexity index is 695. The fourth-order valence-corrected chi connectivity index (χ4v) is 2.05. The first-order chi connectivity index (χ1) is 11.0. The third-order valence-electron chi connectivity index (χ3n) is 2.61. The molecule has 0 fully saturated rings. The van der Waals surface area contributed by atoms with Crippen molar-refractivity contribution in [3.8, 4) is 5.75 Å². The Morgan fingerprint density at radius 1 is 1.04 bits per heavy atom. The second-order valence-electron chi connectivity index (χ2n) is 4.35. The number of hydrogen-bond acceptors (Lipinski definition) is 3. The van der Waals surface area contributed by atoms with E-state index < -0.39 is 5.91 Å². The monoisotopic (exact) mass is 369 g/mol. The third kappa shape index (κ3) is 5.94. The lowest BCUT2D eigenvalue weighted by Crippen LogP contribution is -2.45. The number of rotatable bonds is 4. The van der Waals surface area contributed by atoms with Gasteiger partial charge in [-0.2, -0.15) is 0 Å². The quantitative estimate of drug-likeness (QED) is 0.569. The molecule has 0 spiro atoms. The van der Waals surface area contributed by atoms with Crippen molar-refractivity contribution in [3.05, 3.63) is 58.6 Å². The number of anilines is 1. The summed E-state index contributed by atoms with van der Waals surface area (Å²) in [5, 5.41) is 4.19. The van der Waals surface area contributed by atoms with Gasteiger partial charge in [0.05, 0.1) is 5.02 Å². The van der Waals surface area contributed by atoms with E-state index >= 15 is 0 Å². The largest absolute Gasteiger partial charge is 0.482 e. The Morgan fingerprint density at radius 3 is 2.43 bits per heavy atom. The van der Waals surface area contributed by atoms with Crippen LogP contribution >= 0.6 is 35.4 Å². The molecule has 0 atom stereocenters. The van der Waals surface area contributed by atoms with Crippen LogP contribution in [0.3, 0.4) is 0 Å². The van der Waals surface area contributed by atoms with E-state index in [9.17, 15) is 4.79 Å². The number of nitrogens with one attached hydrogen (secondary N) is 3. The number of benzene rings is 2. The summed E-state index contributed by atoms with van der Waals surface area (Å²) in [6.45, 7) is -0.194. The normalized spacial score (nSPS) is 9.83. The van der Waals surface area contributed by atoms with Gasteiger partial charge in [-0.05, 0) is 48.6 Å². The molecular weight excluding hydrogens is 357 g/mol. The topological polar surface area (TPSA) is 62.4 Å². The van der Waals surface area contributed by atoms with E-state index in [-0.39, 0.29) is 11.7 Å². The molecule has 0 radical (unpaired) electrons. The van der Waals surface area contributed by atoms with Crippen molar-refractivity contribution >= 4 is 52.1 Å². The SMILES string of the molecule is O=C(COc1ccccc1Cl)NNC(=S)Nc1ccc(Cl)cc1. The van der Waals surface area contributed by atoms with Crippen LogP contribution in [0.4, 0.5) is 5.69 Å². The van der Waals surface area contributed by atoms with E-state index in [1.165, 1.54) is 0 Å². The number of thiocarbonyl (C=S) groups is 1. The summed E-state index contributed by atoms with van der Waals surface area (Å²) in [6.07, 6.45) is 0. The average molecular weight is 370 g/mol. The first-order valence-electron chi connectivity index (χ1n) is 6.53. The highest BCUT2D eigenvalue weighted by Gasteiger charge is 2.06. The smallest absolute Gasteiger partial charge is 0.276 e. The molecule has 0 aromatic heterocycles. The highest BCUT2D eigenvalue weighted by Crippen LogP contribution is 2.22. The molecule has 2 aromatic rings. The van der Waals surface area contributed by atoms with Crippen LogP contribution in [0.25, 0.3) is 0 Å². The molecule has 3 N–H and O–H groups in total. The third-order valence-corrected chi connectivity index (χ3v) is 3.38. The van der Waals surface area contributed by atoms with Gasteiger partial charge in [0.15, 0.2) is 11.7 Å². The second kappa shape index (κ2) is 8.57. The van der Waals surface area contributed by atoms with Crippen molar-refractivity contribution in [2.45, 2.75) is 0 Å². The summed E-state index contributed by atoms with van der Waals surface area (Å²) in [4.78, 5) is 11.7. The summed E-state index contributed by atoms with van der Waals surface area (Å²) in [5.41, 5.74) is 5.73. The number of para-hydroxylation sites is 1. The molecule has 0 aliphatic heterocycles. The van der Waals surface area contributed by atoms with Crippen LogP contribution < -0.4 is 20.9 Å².